The Kier molecular flexibility index (Phi) is 5.77. The molecule has 0 bridgehead atoms. The van der Waals surface area contributed by atoms with Gasteiger partial charge in [-0.1, -0.05) is 0 Å². The first-order valence-electron chi connectivity index (χ1n) is 8.99. The second kappa shape index (κ2) is 8.22. The summed E-state index contributed by atoms with van der Waals surface area (Å²) in [6.07, 6.45) is 5.56. The highest BCUT2D eigenvalue weighted by molar-refractivity contribution is 5.39. The molecule has 3 heterocycles. The lowest BCUT2D eigenvalue weighted by molar-refractivity contribution is -0.386. The lowest BCUT2D eigenvalue weighted by Gasteiger charge is -2.34. The van der Waals surface area contributed by atoms with Crippen LogP contribution in [0.1, 0.15) is 24.2 Å². The van der Waals surface area contributed by atoms with Crippen molar-refractivity contribution in [2.45, 2.75) is 33.2 Å². The zero-order chi connectivity index (χ0) is 18.5. The highest BCUT2D eigenvalue weighted by Crippen LogP contribution is 2.22. The number of anilines is 1. The van der Waals surface area contributed by atoms with Gasteiger partial charge in [0.05, 0.1) is 4.92 Å². The molecule has 2 aromatic heterocycles. The molecule has 0 amide bonds. The summed E-state index contributed by atoms with van der Waals surface area (Å²) in [5.74, 6) is 0.804. The van der Waals surface area contributed by atoms with Crippen LogP contribution < -0.4 is 4.90 Å². The molecule has 0 radical (unpaired) electrons. The van der Waals surface area contributed by atoms with Crippen LogP contribution in [0.15, 0.2) is 18.5 Å². The molecule has 0 saturated carbocycles. The van der Waals surface area contributed by atoms with E-state index in [1.54, 1.807) is 30.9 Å². The van der Waals surface area contributed by atoms with Gasteiger partial charge in [-0.05, 0) is 39.3 Å². The maximum atomic E-state index is 11.1. The van der Waals surface area contributed by atoms with Crippen LogP contribution in [0.3, 0.4) is 0 Å². The third kappa shape index (κ3) is 4.16. The maximum absolute atomic E-state index is 11.1. The minimum absolute atomic E-state index is 0.143. The number of piperazine rings is 1. The summed E-state index contributed by atoms with van der Waals surface area (Å²) in [6, 6.07) is 1.83. The van der Waals surface area contributed by atoms with Crippen molar-refractivity contribution in [2.24, 2.45) is 0 Å². The SMILES string of the molecule is Cc1nn(CCCCN2CCN(c3ncccn3)CC2)c(C)c1[N+](=O)[O-]. The number of hydrogen-bond donors (Lipinski definition) is 0. The smallest absolute Gasteiger partial charge is 0.312 e. The number of aryl methyl sites for hydroxylation is 2. The minimum atomic E-state index is -0.343. The molecule has 0 N–H and O–H groups in total. The van der Waals surface area contributed by atoms with E-state index in [1.807, 2.05) is 6.07 Å². The van der Waals surface area contributed by atoms with Crippen LogP contribution in [0.5, 0.6) is 0 Å². The number of hydrogen-bond acceptors (Lipinski definition) is 7. The van der Waals surface area contributed by atoms with E-state index in [1.165, 1.54) is 0 Å². The molecule has 0 spiro atoms. The van der Waals surface area contributed by atoms with Crippen LogP contribution in [-0.2, 0) is 6.54 Å². The molecule has 3 rings (SSSR count). The first-order valence-corrected chi connectivity index (χ1v) is 8.99. The number of nitrogens with zero attached hydrogens (tertiary/aromatic N) is 7. The van der Waals surface area contributed by atoms with E-state index in [2.05, 4.69) is 24.9 Å². The number of unbranched alkanes of at least 4 members (excludes halogenated alkanes) is 1. The number of nitro groups is 1. The maximum Gasteiger partial charge on any atom is 0.312 e. The van der Waals surface area contributed by atoms with E-state index < -0.39 is 0 Å². The normalized spacial score (nSPS) is 15.4. The van der Waals surface area contributed by atoms with Gasteiger partial charge in [-0.25, -0.2) is 9.97 Å². The predicted molar refractivity (Wildman–Crippen MR) is 98.3 cm³/mol. The quantitative estimate of drug-likeness (QED) is 0.423. The van der Waals surface area contributed by atoms with Crippen LogP contribution in [-0.4, -0.2) is 62.3 Å². The van der Waals surface area contributed by atoms with E-state index in [4.69, 9.17) is 0 Å². The highest BCUT2D eigenvalue weighted by Gasteiger charge is 2.21. The molecule has 9 nitrogen and oxygen atoms in total. The summed E-state index contributed by atoms with van der Waals surface area (Å²) in [5.41, 5.74) is 1.28. The van der Waals surface area contributed by atoms with Crippen molar-refractivity contribution in [1.82, 2.24) is 24.6 Å². The fourth-order valence-corrected chi connectivity index (χ4v) is 3.39. The average Bonchev–Trinajstić information content (AvgIpc) is 2.93. The zero-order valence-corrected chi connectivity index (χ0v) is 15.3. The Hall–Kier alpha value is -2.55. The molecular weight excluding hydrogens is 334 g/mol. The third-order valence-corrected chi connectivity index (χ3v) is 4.83. The van der Waals surface area contributed by atoms with Gasteiger partial charge >= 0.3 is 5.69 Å². The fraction of sp³-hybridized carbons (Fsp3) is 0.588. The highest BCUT2D eigenvalue weighted by atomic mass is 16.6. The standard InChI is InChI=1S/C17H25N7O2/c1-14-16(24(25)26)15(2)23(20-14)9-4-3-8-21-10-12-22(13-11-21)17-18-6-5-7-19-17/h5-7H,3-4,8-13H2,1-2H3. The molecule has 1 saturated heterocycles. The van der Waals surface area contributed by atoms with Crippen molar-refractivity contribution in [3.8, 4) is 0 Å². The van der Waals surface area contributed by atoms with Crippen LogP contribution in [0.4, 0.5) is 11.6 Å². The molecular formula is C17H25N7O2. The minimum Gasteiger partial charge on any atom is -0.338 e. The summed E-state index contributed by atoms with van der Waals surface area (Å²) in [7, 11) is 0. The molecule has 0 unspecified atom stereocenters. The molecule has 1 fully saturated rings. The van der Waals surface area contributed by atoms with Gasteiger partial charge in [0.15, 0.2) is 0 Å². The molecule has 1 aliphatic rings. The molecule has 9 heteroatoms. The molecule has 0 aliphatic carbocycles. The topological polar surface area (TPSA) is 93.2 Å². The molecule has 140 valence electrons. The Morgan fingerprint density at radius 2 is 1.73 bits per heavy atom. The van der Waals surface area contributed by atoms with Crippen LogP contribution in [0.2, 0.25) is 0 Å². The second-order valence-corrected chi connectivity index (χ2v) is 6.58. The number of rotatable bonds is 7. The van der Waals surface area contributed by atoms with E-state index in [-0.39, 0.29) is 10.6 Å². The Bertz CT molecular complexity index is 739. The summed E-state index contributed by atoms with van der Waals surface area (Å²) in [5, 5.41) is 15.4. The van der Waals surface area contributed by atoms with Crippen molar-refractivity contribution in [2.75, 3.05) is 37.6 Å². The molecule has 0 atom stereocenters. The van der Waals surface area contributed by atoms with Gasteiger partial charge in [-0.15, -0.1) is 0 Å². The molecule has 26 heavy (non-hydrogen) atoms. The van der Waals surface area contributed by atoms with Crippen LogP contribution in [0, 0.1) is 24.0 Å². The zero-order valence-electron chi connectivity index (χ0n) is 15.3. The Morgan fingerprint density at radius 1 is 1.08 bits per heavy atom. The summed E-state index contributed by atoms with van der Waals surface area (Å²) in [6.45, 7) is 9.10. The van der Waals surface area contributed by atoms with Crippen LogP contribution in [0.25, 0.3) is 0 Å². The van der Waals surface area contributed by atoms with Gasteiger partial charge in [0.2, 0.25) is 5.95 Å². The Balaban J connectivity index is 1.40. The average molecular weight is 359 g/mol. The summed E-state index contributed by atoms with van der Waals surface area (Å²) in [4.78, 5) is 24.0. The lowest BCUT2D eigenvalue weighted by atomic mass is 10.2. The van der Waals surface area contributed by atoms with Gasteiger partial charge in [0.25, 0.3) is 0 Å². The van der Waals surface area contributed by atoms with E-state index in [9.17, 15) is 10.1 Å². The molecule has 2 aromatic rings. The monoisotopic (exact) mass is 359 g/mol. The van der Waals surface area contributed by atoms with Crippen molar-refractivity contribution >= 4 is 11.6 Å². The number of aromatic nitrogens is 4. The summed E-state index contributed by atoms with van der Waals surface area (Å²) >= 11 is 0. The van der Waals surface area contributed by atoms with Crippen LogP contribution >= 0.6 is 0 Å². The lowest BCUT2D eigenvalue weighted by Crippen LogP contribution is -2.47. The van der Waals surface area contributed by atoms with E-state index >= 15 is 0 Å². The van der Waals surface area contributed by atoms with Gasteiger partial charge < -0.3 is 4.90 Å². The first-order chi connectivity index (χ1) is 12.6. The van der Waals surface area contributed by atoms with Crippen molar-refractivity contribution in [3.63, 3.8) is 0 Å². The van der Waals surface area contributed by atoms with Gasteiger partial charge in [0.1, 0.15) is 11.4 Å². The predicted octanol–water partition coefficient (Wildman–Crippen LogP) is 1.80. The van der Waals surface area contributed by atoms with Crippen molar-refractivity contribution in [1.29, 1.82) is 0 Å². The van der Waals surface area contributed by atoms with Gasteiger partial charge in [-0.3, -0.25) is 19.7 Å². The van der Waals surface area contributed by atoms with E-state index in [0.717, 1.165) is 58.1 Å². The van der Waals surface area contributed by atoms with Gasteiger partial charge in [0, 0.05) is 45.1 Å². The Labute approximate surface area is 152 Å². The molecule has 0 aromatic carbocycles. The fourth-order valence-electron chi connectivity index (χ4n) is 3.39. The Morgan fingerprint density at radius 3 is 2.35 bits per heavy atom. The summed E-state index contributed by atoms with van der Waals surface area (Å²) < 4.78 is 1.76. The van der Waals surface area contributed by atoms with Crippen molar-refractivity contribution < 1.29 is 4.92 Å². The second-order valence-electron chi connectivity index (χ2n) is 6.58. The molecule has 1 aliphatic heterocycles. The van der Waals surface area contributed by atoms with Gasteiger partial charge in [-0.2, -0.15) is 5.10 Å². The third-order valence-electron chi connectivity index (χ3n) is 4.83. The first kappa shape index (κ1) is 18.2. The largest absolute Gasteiger partial charge is 0.338 e. The van der Waals surface area contributed by atoms with E-state index in [0.29, 0.717) is 11.4 Å². The van der Waals surface area contributed by atoms with Crippen molar-refractivity contribution in [3.05, 3.63) is 40.0 Å².